The lowest BCUT2D eigenvalue weighted by Gasteiger charge is -2.26. The van der Waals surface area contributed by atoms with E-state index in [4.69, 9.17) is 28.4 Å². The van der Waals surface area contributed by atoms with Crippen LogP contribution in [0.3, 0.4) is 0 Å². The first-order valence-electron chi connectivity index (χ1n) is 12.9. The molecule has 23 heteroatoms. The number of carbonyl (C=O) groups is 1. The normalized spacial score (nSPS) is 37.2. The van der Waals surface area contributed by atoms with Crippen LogP contribution in [0.25, 0.3) is 11.2 Å². The Hall–Kier alpha value is -3.34. The van der Waals surface area contributed by atoms with Gasteiger partial charge in [0.25, 0.3) is 0 Å². The number of nitrogens with one attached hydrogen (secondary N) is 1. The Morgan fingerprint density at radius 2 is 1.80 bits per heavy atom. The van der Waals surface area contributed by atoms with Crippen LogP contribution in [0.15, 0.2) is 24.0 Å². The Bertz CT molecular complexity index is 1820. The van der Waals surface area contributed by atoms with Crippen LogP contribution in [-0.4, -0.2) is 104 Å². The molecular weight excluding hydrogens is 639 g/mol. The lowest BCUT2D eigenvalue weighted by molar-refractivity contribution is -0.0503. The van der Waals surface area contributed by atoms with E-state index in [1.165, 1.54) is 6.21 Å². The second-order valence-electron chi connectivity index (χ2n) is 10.1. The molecule has 0 spiro atoms. The Labute approximate surface area is 245 Å². The van der Waals surface area contributed by atoms with Crippen LogP contribution in [-0.2, 0) is 37.6 Å². The van der Waals surface area contributed by atoms with Gasteiger partial charge in [0.2, 0.25) is 0 Å². The van der Waals surface area contributed by atoms with Crippen molar-refractivity contribution in [2.24, 2.45) is 4.99 Å². The van der Waals surface area contributed by atoms with E-state index >= 15 is 8.78 Å². The number of ketones is 1. The SMILES string of the molecule is Nc1ncnc2c1ncn2[C@@H]1O[C@@H]2COP(=O)(O)O[C@H]3[C@@H](F)[C@H](n4cnc5c4N=CCC5=O)O[C@@H]3COS(=O)(=O)N[C@H]2[C@H]1F. The summed E-state index contributed by atoms with van der Waals surface area (Å²) in [5.74, 6) is -0.406. The molecule has 0 aliphatic carbocycles. The van der Waals surface area contributed by atoms with E-state index < -0.39 is 80.5 Å². The van der Waals surface area contributed by atoms with Crippen molar-refractivity contribution in [3.05, 3.63) is 24.7 Å². The molecule has 0 radical (unpaired) electrons. The largest absolute Gasteiger partial charge is 0.472 e. The number of aliphatic imine (C=N–C) groups is 1. The monoisotopic (exact) mass is 661 g/mol. The number of alkyl halides is 2. The third-order valence-electron chi connectivity index (χ3n) is 7.38. The lowest BCUT2D eigenvalue weighted by atomic mass is 10.1. The van der Waals surface area contributed by atoms with E-state index in [1.807, 2.05) is 4.72 Å². The van der Waals surface area contributed by atoms with E-state index in [0.29, 0.717) is 0 Å². The maximum atomic E-state index is 15.9. The quantitative estimate of drug-likeness (QED) is 0.301. The van der Waals surface area contributed by atoms with Gasteiger partial charge >= 0.3 is 18.1 Å². The molecule has 1 unspecified atom stereocenters. The van der Waals surface area contributed by atoms with Crippen LogP contribution >= 0.6 is 7.82 Å². The highest BCUT2D eigenvalue weighted by molar-refractivity contribution is 7.84. The number of anilines is 1. The fraction of sp³-hybridized carbons (Fsp3) is 0.524. The van der Waals surface area contributed by atoms with E-state index in [2.05, 4.69) is 24.9 Å². The van der Waals surface area contributed by atoms with Gasteiger partial charge in [-0.25, -0.2) is 38.3 Å². The van der Waals surface area contributed by atoms with Crippen LogP contribution in [0.2, 0.25) is 0 Å². The van der Waals surface area contributed by atoms with Crippen LogP contribution < -0.4 is 10.5 Å². The Morgan fingerprint density at radius 1 is 1.05 bits per heavy atom. The summed E-state index contributed by atoms with van der Waals surface area (Å²) in [6.45, 7) is -1.82. The summed E-state index contributed by atoms with van der Waals surface area (Å²) in [6.07, 6.45) is -7.93. The van der Waals surface area contributed by atoms with Crippen molar-refractivity contribution in [3.63, 3.8) is 0 Å². The number of halogens is 2. The first kappa shape index (κ1) is 29.4. The number of Topliss-reactive ketones (excluding diaryl/α,β-unsaturated/α-hetero) is 1. The molecule has 0 amide bonds. The number of imidazole rings is 2. The number of carbonyl (C=O) groups excluding carboxylic acids is 1. The van der Waals surface area contributed by atoms with Gasteiger partial charge in [0.05, 0.1) is 31.9 Å². The Balaban J connectivity index is 1.16. The number of rotatable bonds is 2. The maximum Gasteiger partial charge on any atom is 0.472 e. The van der Waals surface area contributed by atoms with Gasteiger partial charge < -0.3 is 20.1 Å². The zero-order valence-electron chi connectivity index (χ0n) is 22.0. The Kier molecular flexibility index (Phi) is 7.10. The highest BCUT2D eigenvalue weighted by Crippen LogP contribution is 2.50. The number of ether oxygens (including phenoxy) is 2. The standard InChI is InChI=1S/C21H22F2N9O10PS/c22-11-14-9(40-20(11)32-7-29-15-17(24)26-5-27-19(15)32)3-38-43(34,35)42-16-10(4-39-44(36,37)30-14)41-21(12(16)23)31-6-28-13-8(33)1-2-25-18(13)31/h2,5-7,9-12,14,16,20-21,30H,1,3-4H2,(H,34,35)(H2,24,26,27)/t9-,10-,11-,12-,14-,16-,20-,21-/m1/s1. The van der Waals surface area contributed by atoms with Crippen molar-refractivity contribution in [1.82, 2.24) is 33.8 Å². The second-order valence-corrected chi connectivity index (χ2v) is 12.9. The molecule has 3 aromatic heterocycles. The average molecular weight is 661 g/mol. The number of phosphoric ester groups is 1. The van der Waals surface area contributed by atoms with Crippen molar-refractivity contribution >= 4 is 52.9 Å². The molecule has 0 aromatic carbocycles. The van der Waals surface area contributed by atoms with Gasteiger partial charge in [-0.2, -0.15) is 13.1 Å². The molecule has 9 atom stereocenters. The Morgan fingerprint density at radius 3 is 2.61 bits per heavy atom. The number of fused-ring (bicyclic) bond motifs is 4. The fourth-order valence-corrected chi connectivity index (χ4v) is 7.30. The van der Waals surface area contributed by atoms with Gasteiger partial charge in [0.1, 0.15) is 30.2 Å². The van der Waals surface area contributed by atoms with Gasteiger partial charge in [-0.05, 0) is 0 Å². The van der Waals surface area contributed by atoms with E-state index in [-0.39, 0.29) is 40.7 Å². The molecule has 3 saturated heterocycles. The van der Waals surface area contributed by atoms with Gasteiger partial charge in [-0.1, -0.05) is 0 Å². The summed E-state index contributed by atoms with van der Waals surface area (Å²) in [5, 5.41) is 0. The van der Waals surface area contributed by atoms with E-state index in [0.717, 1.165) is 28.1 Å². The van der Waals surface area contributed by atoms with Crippen LogP contribution in [0, 0.1) is 0 Å². The molecule has 236 valence electrons. The molecule has 7 heterocycles. The van der Waals surface area contributed by atoms with Crippen LogP contribution in [0.4, 0.5) is 20.4 Å². The van der Waals surface area contributed by atoms with Gasteiger partial charge in [0, 0.05) is 12.6 Å². The zero-order chi connectivity index (χ0) is 31.0. The van der Waals surface area contributed by atoms with Gasteiger partial charge in [0.15, 0.2) is 53.6 Å². The highest BCUT2D eigenvalue weighted by Gasteiger charge is 2.54. The fourth-order valence-electron chi connectivity index (χ4n) is 5.34. The smallest absolute Gasteiger partial charge is 0.382 e. The third kappa shape index (κ3) is 5.01. The number of nitrogen functional groups attached to an aromatic ring is 1. The summed E-state index contributed by atoms with van der Waals surface area (Å²) in [6, 6.07) is -1.71. The van der Waals surface area contributed by atoms with E-state index in [9.17, 15) is 22.7 Å². The number of hydrogen-bond acceptors (Lipinski definition) is 15. The predicted molar refractivity (Wildman–Crippen MR) is 139 cm³/mol. The maximum absolute atomic E-state index is 15.9. The van der Waals surface area contributed by atoms with Crippen molar-refractivity contribution in [2.45, 2.75) is 55.6 Å². The van der Waals surface area contributed by atoms with Crippen molar-refractivity contribution in [1.29, 1.82) is 0 Å². The minimum absolute atomic E-state index is 0.000219. The third-order valence-corrected chi connectivity index (χ3v) is 9.37. The second kappa shape index (κ2) is 10.6. The van der Waals surface area contributed by atoms with Crippen LogP contribution in [0.5, 0.6) is 0 Å². The molecule has 3 aromatic rings. The number of nitrogens with zero attached hydrogens (tertiary/aromatic N) is 7. The summed E-state index contributed by atoms with van der Waals surface area (Å²) in [4.78, 5) is 42.5. The zero-order valence-corrected chi connectivity index (χ0v) is 23.7. The summed E-state index contributed by atoms with van der Waals surface area (Å²) in [5.41, 5.74) is 5.94. The lowest BCUT2D eigenvalue weighted by Crippen LogP contribution is -2.48. The minimum Gasteiger partial charge on any atom is -0.382 e. The van der Waals surface area contributed by atoms with Gasteiger partial charge in [-0.15, -0.1) is 0 Å². The molecular formula is C21H22F2N9O10PS. The van der Waals surface area contributed by atoms with Gasteiger partial charge in [-0.3, -0.25) is 27.2 Å². The number of nitrogens with two attached hydrogens (primary N) is 1. The summed E-state index contributed by atoms with van der Waals surface area (Å²) >= 11 is 0. The van der Waals surface area contributed by atoms with Crippen LogP contribution in [0.1, 0.15) is 29.4 Å². The van der Waals surface area contributed by atoms with Crippen molar-refractivity contribution < 1.29 is 54.2 Å². The van der Waals surface area contributed by atoms with E-state index in [1.54, 1.807) is 0 Å². The molecule has 4 aliphatic heterocycles. The average Bonchev–Trinajstić information content (AvgIpc) is 3.73. The molecule has 3 fully saturated rings. The molecule has 19 nitrogen and oxygen atoms in total. The summed E-state index contributed by atoms with van der Waals surface area (Å²) in [7, 11) is -9.92. The molecule has 44 heavy (non-hydrogen) atoms. The van der Waals surface area contributed by atoms with Crippen molar-refractivity contribution in [2.75, 3.05) is 18.9 Å². The topological polar surface area (TPSA) is 246 Å². The van der Waals surface area contributed by atoms with Crippen molar-refractivity contribution in [3.8, 4) is 0 Å². The number of hydrogen-bond donors (Lipinski definition) is 3. The molecule has 4 aliphatic rings. The molecule has 0 bridgehead atoms. The first-order chi connectivity index (χ1) is 20.9. The summed E-state index contributed by atoms with van der Waals surface area (Å²) < 4.78 is 101. The predicted octanol–water partition coefficient (Wildman–Crippen LogP) is -0.200. The molecule has 7 rings (SSSR count). The molecule has 0 saturated carbocycles. The minimum atomic E-state index is -5.13. The number of aromatic nitrogens is 6. The highest BCUT2D eigenvalue weighted by atomic mass is 32.2. The number of phosphoric acid groups is 1. The first-order valence-corrected chi connectivity index (χ1v) is 15.8. The molecule has 4 N–H and O–H groups in total.